The number of phenols is 1. The van der Waals surface area contributed by atoms with Crippen LogP contribution in [0.25, 0.3) is 5.65 Å². The van der Waals surface area contributed by atoms with E-state index in [0.29, 0.717) is 32.5 Å². The van der Waals surface area contributed by atoms with E-state index >= 15 is 0 Å². The zero-order valence-corrected chi connectivity index (χ0v) is 21.8. The third-order valence-corrected chi connectivity index (χ3v) is 8.73. The Morgan fingerprint density at radius 3 is 2.73 bits per heavy atom. The lowest BCUT2D eigenvalue weighted by Gasteiger charge is -2.31. The van der Waals surface area contributed by atoms with E-state index in [1.807, 2.05) is 35.1 Å². The summed E-state index contributed by atoms with van der Waals surface area (Å²) in [5.41, 5.74) is 3.79. The molecule has 10 nitrogen and oxygen atoms in total. The van der Waals surface area contributed by atoms with E-state index in [0.717, 1.165) is 41.5 Å². The van der Waals surface area contributed by atoms with Crippen LogP contribution in [0, 0.1) is 0 Å². The predicted octanol–water partition coefficient (Wildman–Crippen LogP) is 2.65. The van der Waals surface area contributed by atoms with Crippen LogP contribution >= 0.6 is 11.9 Å². The number of hydrogen-bond donors (Lipinski definition) is 2. The number of benzene rings is 1. The van der Waals surface area contributed by atoms with Crippen LogP contribution in [0.3, 0.4) is 0 Å². The standard InChI is InChI=1S/C24H26BClN6O4S/c1-25-19-15-29-32-23(28-14-16-3-2-8-27-13-16)12-20(30-24(19)32)17-6-9-31(10-7-17)37(34,35)22-11-18(33)4-5-21(22)36-26/h2-5,8,11-13,15,17,25,28,33H,6-7,9-10,14H2,1H3. The van der Waals surface area contributed by atoms with Crippen LogP contribution in [0.15, 0.2) is 59.9 Å². The zero-order valence-electron chi connectivity index (χ0n) is 20.2. The Bertz CT molecular complexity index is 1510. The molecule has 0 aliphatic carbocycles. The third-order valence-electron chi connectivity index (χ3n) is 6.64. The fourth-order valence-electron chi connectivity index (χ4n) is 4.60. The van der Waals surface area contributed by atoms with Gasteiger partial charge in [0.2, 0.25) is 10.0 Å². The highest BCUT2D eigenvalue weighted by Crippen LogP contribution is 2.35. The maximum absolute atomic E-state index is 13.3. The molecule has 0 unspecified atom stereocenters. The highest BCUT2D eigenvalue weighted by Gasteiger charge is 2.33. The molecule has 0 saturated carbocycles. The first-order valence-corrected chi connectivity index (χ1v) is 13.8. The van der Waals surface area contributed by atoms with Gasteiger partial charge in [0.25, 0.3) is 0 Å². The molecule has 0 radical (unpaired) electrons. The monoisotopic (exact) mass is 540 g/mol. The number of pyridine rings is 1. The molecule has 1 fully saturated rings. The van der Waals surface area contributed by atoms with Crippen molar-refractivity contribution < 1.29 is 17.8 Å². The number of piperidine rings is 1. The summed E-state index contributed by atoms with van der Waals surface area (Å²) in [6.45, 7) is 3.25. The number of halogens is 1. The number of nitrogens with zero attached hydrogens (tertiary/aromatic N) is 5. The van der Waals surface area contributed by atoms with Crippen LogP contribution in [-0.4, -0.2) is 57.8 Å². The largest absolute Gasteiger partial charge is 0.508 e. The molecule has 1 aliphatic rings. The minimum absolute atomic E-state index is 0.0223. The van der Waals surface area contributed by atoms with Gasteiger partial charge in [-0.15, -0.1) is 0 Å². The molecule has 0 atom stereocenters. The summed E-state index contributed by atoms with van der Waals surface area (Å²) >= 11 is 5.49. The molecule has 4 heterocycles. The molecule has 13 heteroatoms. The predicted molar refractivity (Wildman–Crippen MR) is 143 cm³/mol. The fraction of sp³-hybridized carbons (Fsp3) is 0.292. The molecule has 0 amide bonds. The number of aromatic nitrogens is 4. The Kier molecular flexibility index (Phi) is 7.23. The minimum Gasteiger partial charge on any atom is -0.508 e. The van der Waals surface area contributed by atoms with Crippen molar-refractivity contribution in [2.24, 2.45) is 0 Å². The molecule has 1 aromatic carbocycles. The Morgan fingerprint density at radius 1 is 1.22 bits per heavy atom. The Morgan fingerprint density at radius 2 is 2.03 bits per heavy atom. The van der Waals surface area contributed by atoms with Crippen molar-refractivity contribution in [3.63, 3.8) is 0 Å². The number of aromatic hydroxyl groups is 1. The number of anilines is 1. The number of phenolic OH excluding ortho intramolecular Hbond substituents is 1. The highest BCUT2D eigenvalue weighted by atomic mass is 35.5. The van der Waals surface area contributed by atoms with Crippen LogP contribution < -0.4 is 15.1 Å². The van der Waals surface area contributed by atoms with Crippen LogP contribution in [0.1, 0.15) is 30.0 Å². The second kappa shape index (κ2) is 10.6. The quantitative estimate of drug-likeness (QED) is 0.327. The van der Waals surface area contributed by atoms with Gasteiger partial charge in [-0.05, 0) is 42.1 Å². The van der Waals surface area contributed by atoms with Crippen molar-refractivity contribution in [1.29, 1.82) is 0 Å². The Balaban J connectivity index is 1.39. The summed E-state index contributed by atoms with van der Waals surface area (Å²) in [5, 5.41) is 17.8. The minimum atomic E-state index is -3.91. The van der Waals surface area contributed by atoms with Crippen molar-refractivity contribution in [2.75, 3.05) is 18.4 Å². The van der Waals surface area contributed by atoms with Crippen LogP contribution in [0.5, 0.6) is 11.5 Å². The molecule has 5 rings (SSSR count). The normalized spacial score (nSPS) is 15.1. The Labute approximate surface area is 220 Å². The molecule has 192 valence electrons. The van der Waals surface area contributed by atoms with E-state index in [9.17, 15) is 13.5 Å². The summed E-state index contributed by atoms with van der Waals surface area (Å²) in [7, 11) is -3.11. The third kappa shape index (κ3) is 5.09. The van der Waals surface area contributed by atoms with E-state index in [-0.39, 0.29) is 22.3 Å². The van der Waals surface area contributed by atoms with Gasteiger partial charge >= 0.3 is 0 Å². The SMILES string of the molecule is CBc1cnn2c(NCc3cccnc3)cc(C3CCN(S(=O)(=O)c4cc(O)ccc4OCl)CC3)nc12. The molecule has 2 N–H and O–H groups in total. The average molecular weight is 541 g/mol. The summed E-state index contributed by atoms with van der Waals surface area (Å²) in [5.74, 6) is 0.693. The first kappa shape index (κ1) is 25.3. The first-order chi connectivity index (χ1) is 17.9. The van der Waals surface area contributed by atoms with E-state index in [2.05, 4.69) is 22.2 Å². The van der Waals surface area contributed by atoms with Crippen molar-refractivity contribution >= 4 is 46.1 Å². The van der Waals surface area contributed by atoms with Crippen molar-refractivity contribution in [3.05, 3.63) is 66.2 Å². The van der Waals surface area contributed by atoms with Gasteiger partial charge in [0, 0.05) is 62.0 Å². The zero-order chi connectivity index (χ0) is 26.0. The number of fused-ring (bicyclic) bond motifs is 1. The van der Waals surface area contributed by atoms with Gasteiger partial charge in [0.05, 0.1) is 0 Å². The maximum atomic E-state index is 13.3. The molecule has 37 heavy (non-hydrogen) atoms. The molecule has 1 saturated heterocycles. The number of sulfonamides is 1. The first-order valence-electron chi connectivity index (χ1n) is 12.0. The number of nitrogens with one attached hydrogen (secondary N) is 1. The van der Waals surface area contributed by atoms with E-state index < -0.39 is 10.0 Å². The highest BCUT2D eigenvalue weighted by molar-refractivity contribution is 7.89. The molecular formula is C24H26BClN6O4S. The van der Waals surface area contributed by atoms with E-state index in [1.165, 1.54) is 16.4 Å². The lowest BCUT2D eigenvalue weighted by atomic mass is 9.75. The van der Waals surface area contributed by atoms with Crippen molar-refractivity contribution in [1.82, 2.24) is 23.9 Å². The second-order valence-electron chi connectivity index (χ2n) is 8.93. The van der Waals surface area contributed by atoms with E-state index in [1.54, 1.807) is 6.20 Å². The second-order valence-corrected chi connectivity index (χ2v) is 11.0. The van der Waals surface area contributed by atoms with Crippen LogP contribution in [0.4, 0.5) is 5.82 Å². The molecule has 1 aliphatic heterocycles. The molecule has 0 spiro atoms. The Hall–Kier alpha value is -3.35. The average Bonchev–Trinajstić information content (AvgIpc) is 3.35. The van der Waals surface area contributed by atoms with Gasteiger partial charge < -0.3 is 14.7 Å². The van der Waals surface area contributed by atoms with Gasteiger partial charge in [0.15, 0.2) is 18.7 Å². The van der Waals surface area contributed by atoms with Gasteiger partial charge in [-0.1, -0.05) is 12.9 Å². The van der Waals surface area contributed by atoms with Gasteiger partial charge in [-0.2, -0.15) is 13.9 Å². The summed E-state index contributed by atoms with van der Waals surface area (Å²) < 4.78 is 34.5. The van der Waals surface area contributed by atoms with Gasteiger partial charge in [-0.25, -0.2) is 13.4 Å². The van der Waals surface area contributed by atoms with Crippen LogP contribution in [-0.2, 0) is 16.6 Å². The van der Waals surface area contributed by atoms with E-state index in [4.69, 9.17) is 21.1 Å². The number of hydrogen-bond acceptors (Lipinski definition) is 8. The smallest absolute Gasteiger partial charge is 0.246 e. The molecule has 0 bridgehead atoms. The van der Waals surface area contributed by atoms with Gasteiger partial charge in [-0.3, -0.25) is 4.98 Å². The van der Waals surface area contributed by atoms with Gasteiger partial charge in [0.1, 0.15) is 28.3 Å². The van der Waals surface area contributed by atoms with Crippen molar-refractivity contribution in [3.8, 4) is 11.5 Å². The summed E-state index contributed by atoms with van der Waals surface area (Å²) in [4.78, 5) is 8.96. The lowest BCUT2D eigenvalue weighted by Crippen LogP contribution is -2.38. The fourth-order valence-corrected chi connectivity index (χ4v) is 6.38. The number of rotatable bonds is 8. The lowest BCUT2D eigenvalue weighted by molar-refractivity contribution is 0.316. The molecular weight excluding hydrogens is 515 g/mol. The maximum Gasteiger partial charge on any atom is 0.246 e. The molecule has 3 aromatic heterocycles. The summed E-state index contributed by atoms with van der Waals surface area (Å²) in [6.07, 6.45) is 6.58. The summed E-state index contributed by atoms with van der Waals surface area (Å²) in [6, 6.07) is 9.71. The van der Waals surface area contributed by atoms with Crippen molar-refractivity contribution in [2.45, 2.75) is 37.0 Å². The van der Waals surface area contributed by atoms with Crippen LogP contribution in [0.2, 0.25) is 6.82 Å². The topological polar surface area (TPSA) is 122 Å². The molecule has 4 aromatic rings.